The maximum atomic E-state index is 13.4. The largest absolute Gasteiger partial charge is 0.326 e. The Morgan fingerprint density at radius 2 is 1.86 bits per heavy atom. The van der Waals surface area contributed by atoms with E-state index >= 15 is 0 Å². The molecule has 0 unspecified atom stereocenters. The number of hydrogen-bond acceptors (Lipinski definition) is 3. The standard InChI is InChI=1S/C20H15F3N4O/c21-15-4-1-5-16(10-15)26-20(25-12-13-3-2-8-24-11-13)27-19(28)14-6-7-17(22)18(23)9-14/h1-11H,12H2,(H2,25,26,27,28). The highest BCUT2D eigenvalue weighted by atomic mass is 19.2. The molecule has 1 aromatic heterocycles. The minimum atomic E-state index is -1.14. The fourth-order valence-corrected chi connectivity index (χ4v) is 2.29. The van der Waals surface area contributed by atoms with Gasteiger partial charge in [0.25, 0.3) is 5.91 Å². The average molecular weight is 384 g/mol. The summed E-state index contributed by atoms with van der Waals surface area (Å²) in [6, 6.07) is 11.9. The van der Waals surface area contributed by atoms with Crippen LogP contribution in [0.4, 0.5) is 18.9 Å². The second-order valence-electron chi connectivity index (χ2n) is 5.74. The van der Waals surface area contributed by atoms with Gasteiger partial charge in [0.1, 0.15) is 5.82 Å². The van der Waals surface area contributed by atoms with Crippen LogP contribution in [-0.4, -0.2) is 16.9 Å². The first-order valence-corrected chi connectivity index (χ1v) is 8.23. The smallest absolute Gasteiger partial charge is 0.258 e. The first-order valence-electron chi connectivity index (χ1n) is 8.23. The van der Waals surface area contributed by atoms with Gasteiger partial charge in [-0.05, 0) is 48.0 Å². The summed E-state index contributed by atoms with van der Waals surface area (Å²) in [5.41, 5.74) is 1.05. The Morgan fingerprint density at radius 3 is 2.57 bits per heavy atom. The minimum Gasteiger partial charge on any atom is -0.326 e. The fourth-order valence-electron chi connectivity index (χ4n) is 2.29. The molecule has 2 aromatic carbocycles. The van der Waals surface area contributed by atoms with Gasteiger partial charge < -0.3 is 5.32 Å². The lowest BCUT2D eigenvalue weighted by Gasteiger charge is -2.12. The molecule has 1 heterocycles. The van der Waals surface area contributed by atoms with Crippen LogP contribution in [0.1, 0.15) is 15.9 Å². The van der Waals surface area contributed by atoms with E-state index in [-0.39, 0.29) is 18.1 Å². The summed E-state index contributed by atoms with van der Waals surface area (Å²) < 4.78 is 39.9. The van der Waals surface area contributed by atoms with Crippen LogP contribution in [0.15, 0.2) is 72.0 Å². The molecule has 0 fully saturated rings. The molecular formula is C20H15F3N4O. The molecule has 0 aliphatic carbocycles. The van der Waals surface area contributed by atoms with Gasteiger partial charge in [-0.3, -0.25) is 15.1 Å². The van der Waals surface area contributed by atoms with Crippen LogP contribution in [0, 0.1) is 17.5 Å². The first kappa shape index (κ1) is 19.1. The maximum absolute atomic E-state index is 13.4. The third-order valence-corrected chi connectivity index (χ3v) is 3.64. The number of halogens is 3. The SMILES string of the molecule is O=C(NC(=NCc1cccnc1)Nc1cccc(F)c1)c1ccc(F)c(F)c1. The van der Waals surface area contributed by atoms with Gasteiger partial charge in [-0.1, -0.05) is 12.1 Å². The lowest BCUT2D eigenvalue weighted by atomic mass is 10.2. The number of benzene rings is 2. The molecular weight excluding hydrogens is 369 g/mol. The fraction of sp³-hybridized carbons (Fsp3) is 0.0500. The Labute approximate surface area is 159 Å². The Kier molecular flexibility index (Phi) is 6.01. The van der Waals surface area contributed by atoms with E-state index in [1.807, 2.05) is 0 Å². The molecule has 3 rings (SSSR count). The number of rotatable bonds is 4. The summed E-state index contributed by atoms with van der Waals surface area (Å²) in [5, 5.41) is 5.29. The lowest BCUT2D eigenvalue weighted by Crippen LogP contribution is -2.36. The lowest BCUT2D eigenvalue weighted by molar-refractivity contribution is 0.0976. The van der Waals surface area contributed by atoms with Crippen molar-refractivity contribution in [3.8, 4) is 0 Å². The summed E-state index contributed by atoms with van der Waals surface area (Å²) in [7, 11) is 0. The van der Waals surface area contributed by atoms with Gasteiger partial charge in [0, 0.05) is 23.6 Å². The van der Waals surface area contributed by atoms with E-state index in [1.165, 1.54) is 18.2 Å². The van der Waals surface area contributed by atoms with Gasteiger partial charge in [-0.15, -0.1) is 0 Å². The van der Waals surface area contributed by atoms with E-state index in [0.29, 0.717) is 5.69 Å². The Balaban J connectivity index is 1.82. The van der Waals surface area contributed by atoms with Crippen LogP contribution in [0.5, 0.6) is 0 Å². The molecule has 8 heteroatoms. The van der Waals surface area contributed by atoms with Crippen LogP contribution in [-0.2, 0) is 6.54 Å². The summed E-state index contributed by atoms with van der Waals surface area (Å²) in [6.45, 7) is 0.184. The molecule has 0 spiro atoms. The number of nitrogens with zero attached hydrogens (tertiary/aromatic N) is 2. The first-order chi connectivity index (χ1) is 13.5. The Bertz CT molecular complexity index is 1010. The van der Waals surface area contributed by atoms with Crippen LogP contribution < -0.4 is 10.6 Å². The highest BCUT2D eigenvalue weighted by Gasteiger charge is 2.12. The minimum absolute atomic E-state index is 0.0178. The summed E-state index contributed by atoms with van der Waals surface area (Å²) in [6.07, 6.45) is 3.23. The number of nitrogens with one attached hydrogen (secondary N) is 2. The van der Waals surface area contributed by atoms with Gasteiger partial charge in [0.05, 0.1) is 6.54 Å². The second kappa shape index (κ2) is 8.81. The highest BCUT2D eigenvalue weighted by Crippen LogP contribution is 2.11. The molecule has 0 aliphatic rings. The molecule has 0 saturated heterocycles. The van der Waals surface area contributed by atoms with Crippen molar-refractivity contribution in [3.05, 3.63) is 95.6 Å². The van der Waals surface area contributed by atoms with E-state index in [9.17, 15) is 18.0 Å². The van der Waals surface area contributed by atoms with Crippen molar-refractivity contribution in [1.82, 2.24) is 10.3 Å². The van der Waals surface area contributed by atoms with Crippen molar-refractivity contribution < 1.29 is 18.0 Å². The van der Waals surface area contributed by atoms with Crippen molar-refractivity contribution >= 4 is 17.6 Å². The molecule has 0 aliphatic heterocycles. The van der Waals surface area contributed by atoms with Gasteiger partial charge >= 0.3 is 0 Å². The number of pyridine rings is 1. The highest BCUT2D eigenvalue weighted by molar-refractivity contribution is 6.09. The van der Waals surface area contributed by atoms with Crippen molar-refractivity contribution in [3.63, 3.8) is 0 Å². The predicted molar refractivity (Wildman–Crippen MR) is 99.2 cm³/mol. The van der Waals surface area contributed by atoms with E-state index in [4.69, 9.17) is 0 Å². The summed E-state index contributed by atoms with van der Waals surface area (Å²) in [4.78, 5) is 20.6. The van der Waals surface area contributed by atoms with E-state index < -0.39 is 23.4 Å². The number of anilines is 1. The number of hydrogen-bond donors (Lipinski definition) is 2. The average Bonchev–Trinajstić information content (AvgIpc) is 2.69. The number of guanidine groups is 1. The number of carbonyl (C=O) groups excluding carboxylic acids is 1. The monoisotopic (exact) mass is 384 g/mol. The molecule has 3 aromatic rings. The quantitative estimate of drug-likeness (QED) is 0.530. The van der Waals surface area contributed by atoms with Crippen LogP contribution in [0.25, 0.3) is 0 Å². The van der Waals surface area contributed by atoms with Gasteiger partial charge in [-0.25, -0.2) is 18.2 Å². The molecule has 0 saturated carbocycles. The zero-order valence-corrected chi connectivity index (χ0v) is 14.5. The van der Waals surface area contributed by atoms with E-state index in [2.05, 4.69) is 20.6 Å². The van der Waals surface area contributed by atoms with Gasteiger partial charge in [0.15, 0.2) is 11.6 Å². The van der Waals surface area contributed by atoms with Crippen molar-refractivity contribution in [2.75, 3.05) is 5.32 Å². The summed E-state index contributed by atoms with van der Waals surface area (Å²) >= 11 is 0. The maximum Gasteiger partial charge on any atom is 0.258 e. The van der Waals surface area contributed by atoms with Gasteiger partial charge in [-0.2, -0.15) is 0 Å². The molecule has 5 nitrogen and oxygen atoms in total. The van der Waals surface area contributed by atoms with Gasteiger partial charge in [0.2, 0.25) is 5.96 Å². The van der Waals surface area contributed by atoms with E-state index in [1.54, 1.807) is 30.6 Å². The van der Waals surface area contributed by atoms with E-state index in [0.717, 1.165) is 23.8 Å². The molecule has 0 bridgehead atoms. The number of carbonyl (C=O) groups is 1. The normalized spacial score (nSPS) is 11.2. The number of aromatic nitrogens is 1. The second-order valence-corrected chi connectivity index (χ2v) is 5.74. The topological polar surface area (TPSA) is 66.4 Å². The Hall–Kier alpha value is -3.68. The van der Waals surface area contributed by atoms with Crippen molar-refractivity contribution in [2.45, 2.75) is 6.54 Å². The predicted octanol–water partition coefficient (Wildman–Crippen LogP) is 3.90. The molecule has 1 amide bonds. The number of amides is 1. The molecule has 142 valence electrons. The van der Waals surface area contributed by atoms with Crippen LogP contribution in [0.3, 0.4) is 0 Å². The van der Waals surface area contributed by atoms with Crippen LogP contribution >= 0.6 is 0 Å². The Morgan fingerprint density at radius 1 is 1.00 bits per heavy atom. The number of aliphatic imine (C=N–C) groups is 1. The third-order valence-electron chi connectivity index (χ3n) is 3.64. The van der Waals surface area contributed by atoms with Crippen LogP contribution in [0.2, 0.25) is 0 Å². The van der Waals surface area contributed by atoms with Crippen molar-refractivity contribution in [1.29, 1.82) is 0 Å². The molecule has 2 N–H and O–H groups in total. The van der Waals surface area contributed by atoms with Crippen molar-refractivity contribution in [2.24, 2.45) is 4.99 Å². The molecule has 28 heavy (non-hydrogen) atoms. The summed E-state index contributed by atoms with van der Waals surface area (Å²) in [5.74, 6) is -3.35. The molecule has 0 atom stereocenters. The molecule has 0 radical (unpaired) electrons. The third kappa shape index (κ3) is 5.16. The zero-order chi connectivity index (χ0) is 19.9. The zero-order valence-electron chi connectivity index (χ0n) is 14.5.